The van der Waals surface area contributed by atoms with Crippen molar-refractivity contribution in [2.45, 2.75) is 19.5 Å². The van der Waals surface area contributed by atoms with E-state index in [0.29, 0.717) is 0 Å². The molecule has 1 saturated heterocycles. The van der Waals surface area contributed by atoms with Crippen LogP contribution in [0, 0.1) is 0 Å². The van der Waals surface area contributed by atoms with Crippen LogP contribution < -0.4 is 9.44 Å². The van der Waals surface area contributed by atoms with E-state index in [1.54, 1.807) is 0 Å². The molecule has 1 aromatic rings. The Labute approximate surface area is 133 Å². The number of piperazine rings is 1. The van der Waals surface area contributed by atoms with Crippen LogP contribution in [0.15, 0.2) is 30.3 Å². The fourth-order valence-electron chi connectivity index (χ4n) is 2.72. The van der Waals surface area contributed by atoms with E-state index in [0.717, 1.165) is 39.3 Å². The molecular weight excluding hydrogens is 300 g/mol. The van der Waals surface area contributed by atoms with Gasteiger partial charge in [0, 0.05) is 52.4 Å². The van der Waals surface area contributed by atoms with Gasteiger partial charge in [0.25, 0.3) is 10.2 Å². The summed E-state index contributed by atoms with van der Waals surface area (Å²) in [5.74, 6) is 0. The Bertz CT molecular complexity index is 542. The van der Waals surface area contributed by atoms with E-state index in [2.05, 4.69) is 43.5 Å². The SMILES string of the molecule is CNS(=O)(=O)NC(C)CN1CCN(Cc2ccccc2)CC1. The zero-order valence-corrected chi connectivity index (χ0v) is 14.1. The molecule has 1 aromatic carbocycles. The lowest BCUT2D eigenvalue weighted by Gasteiger charge is -2.36. The zero-order chi connectivity index (χ0) is 16.0. The monoisotopic (exact) mass is 326 g/mol. The first-order chi connectivity index (χ1) is 10.5. The van der Waals surface area contributed by atoms with E-state index < -0.39 is 10.2 Å². The summed E-state index contributed by atoms with van der Waals surface area (Å²) in [5, 5.41) is 0. The second-order valence-electron chi connectivity index (χ2n) is 5.79. The van der Waals surface area contributed by atoms with Crippen LogP contribution in [0.5, 0.6) is 0 Å². The van der Waals surface area contributed by atoms with Gasteiger partial charge in [-0.25, -0.2) is 4.72 Å². The molecule has 1 atom stereocenters. The zero-order valence-electron chi connectivity index (χ0n) is 13.3. The highest BCUT2D eigenvalue weighted by molar-refractivity contribution is 7.87. The molecule has 1 unspecified atom stereocenters. The minimum atomic E-state index is -3.36. The van der Waals surface area contributed by atoms with Crippen LogP contribution in [0.2, 0.25) is 0 Å². The van der Waals surface area contributed by atoms with Crippen LogP contribution in [0.3, 0.4) is 0 Å². The highest BCUT2D eigenvalue weighted by Gasteiger charge is 2.20. The predicted octanol–water partition coefficient (Wildman–Crippen LogP) is 0.247. The van der Waals surface area contributed by atoms with Crippen molar-refractivity contribution in [1.29, 1.82) is 0 Å². The highest BCUT2D eigenvalue weighted by Crippen LogP contribution is 2.08. The molecular formula is C15H26N4O2S. The van der Waals surface area contributed by atoms with Gasteiger partial charge in [-0.05, 0) is 12.5 Å². The van der Waals surface area contributed by atoms with Gasteiger partial charge in [0.15, 0.2) is 0 Å². The largest absolute Gasteiger partial charge is 0.299 e. The first kappa shape index (κ1) is 17.4. The lowest BCUT2D eigenvalue weighted by atomic mass is 10.2. The Morgan fingerprint density at radius 2 is 1.68 bits per heavy atom. The first-order valence-corrected chi connectivity index (χ1v) is 9.16. The molecule has 1 heterocycles. The van der Waals surface area contributed by atoms with Gasteiger partial charge in [0.2, 0.25) is 0 Å². The van der Waals surface area contributed by atoms with Crippen LogP contribution in [-0.4, -0.2) is 64.0 Å². The lowest BCUT2D eigenvalue weighted by Crippen LogP contribution is -2.51. The number of nitrogens with zero attached hydrogens (tertiary/aromatic N) is 2. The van der Waals surface area contributed by atoms with Crippen LogP contribution >= 0.6 is 0 Å². The lowest BCUT2D eigenvalue weighted by molar-refractivity contribution is 0.122. The fourth-order valence-corrected chi connectivity index (χ4v) is 3.44. The van der Waals surface area contributed by atoms with Gasteiger partial charge in [-0.1, -0.05) is 30.3 Å². The molecule has 0 radical (unpaired) electrons. The maximum absolute atomic E-state index is 11.5. The molecule has 22 heavy (non-hydrogen) atoms. The number of rotatable bonds is 7. The van der Waals surface area contributed by atoms with Crippen molar-refractivity contribution in [3.8, 4) is 0 Å². The maximum atomic E-state index is 11.5. The van der Waals surface area contributed by atoms with Crippen molar-refractivity contribution < 1.29 is 8.42 Å². The van der Waals surface area contributed by atoms with Crippen LogP contribution in [-0.2, 0) is 16.8 Å². The fraction of sp³-hybridized carbons (Fsp3) is 0.600. The molecule has 1 aliphatic rings. The maximum Gasteiger partial charge on any atom is 0.276 e. The third-order valence-corrected chi connectivity index (χ3v) is 5.12. The summed E-state index contributed by atoms with van der Waals surface area (Å²) in [7, 11) is -1.94. The minimum Gasteiger partial charge on any atom is -0.299 e. The predicted molar refractivity (Wildman–Crippen MR) is 88.7 cm³/mol. The third kappa shape index (κ3) is 5.66. The summed E-state index contributed by atoms with van der Waals surface area (Å²) < 4.78 is 27.8. The summed E-state index contributed by atoms with van der Waals surface area (Å²) in [6.07, 6.45) is 0. The number of hydrogen-bond donors (Lipinski definition) is 2. The summed E-state index contributed by atoms with van der Waals surface area (Å²) in [5.41, 5.74) is 1.34. The standard InChI is InChI=1S/C15H26N4O2S/c1-14(17-22(20,21)16-2)12-18-8-10-19(11-9-18)13-15-6-4-3-5-7-15/h3-7,14,16-17H,8-13H2,1-2H3. The summed E-state index contributed by atoms with van der Waals surface area (Å²) in [4.78, 5) is 4.75. The topological polar surface area (TPSA) is 64.7 Å². The Kier molecular flexibility index (Phi) is 6.34. The summed E-state index contributed by atoms with van der Waals surface area (Å²) in [6, 6.07) is 10.4. The molecule has 124 valence electrons. The van der Waals surface area contributed by atoms with Crippen molar-refractivity contribution in [1.82, 2.24) is 19.2 Å². The smallest absolute Gasteiger partial charge is 0.276 e. The molecule has 1 fully saturated rings. The van der Waals surface area contributed by atoms with Gasteiger partial charge >= 0.3 is 0 Å². The quantitative estimate of drug-likeness (QED) is 0.754. The number of nitrogens with one attached hydrogen (secondary N) is 2. The van der Waals surface area contributed by atoms with Crippen molar-refractivity contribution in [3.63, 3.8) is 0 Å². The Morgan fingerprint density at radius 3 is 2.27 bits per heavy atom. The normalized spacial score (nSPS) is 19.2. The van der Waals surface area contributed by atoms with Gasteiger partial charge < -0.3 is 0 Å². The molecule has 0 saturated carbocycles. The molecule has 2 rings (SSSR count). The van der Waals surface area contributed by atoms with E-state index >= 15 is 0 Å². The Hall–Kier alpha value is -0.990. The van der Waals surface area contributed by atoms with Crippen molar-refractivity contribution in [2.24, 2.45) is 0 Å². The molecule has 0 aromatic heterocycles. The molecule has 0 amide bonds. The third-order valence-electron chi connectivity index (χ3n) is 3.87. The van der Waals surface area contributed by atoms with E-state index in [9.17, 15) is 8.42 Å². The average Bonchev–Trinajstić information content (AvgIpc) is 2.50. The van der Waals surface area contributed by atoms with Crippen molar-refractivity contribution in [2.75, 3.05) is 39.8 Å². The highest BCUT2D eigenvalue weighted by atomic mass is 32.2. The van der Waals surface area contributed by atoms with E-state index in [4.69, 9.17) is 0 Å². The number of benzene rings is 1. The molecule has 0 aliphatic carbocycles. The van der Waals surface area contributed by atoms with Crippen molar-refractivity contribution >= 4 is 10.2 Å². The van der Waals surface area contributed by atoms with Crippen LogP contribution in [0.1, 0.15) is 12.5 Å². The van der Waals surface area contributed by atoms with Crippen LogP contribution in [0.4, 0.5) is 0 Å². The van der Waals surface area contributed by atoms with Gasteiger partial charge in [0.1, 0.15) is 0 Å². The summed E-state index contributed by atoms with van der Waals surface area (Å²) in [6.45, 7) is 7.58. The number of hydrogen-bond acceptors (Lipinski definition) is 4. The molecule has 6 nitrogen and oxygen atoms in total. The second kappa shape index (κ2) is 8.03. The molecule has 7 heteroatoms. The van der Waals surface area contributed by atoms with E-state index in [1.807, 2.05) is 13.0 Å². The Balaban J connectivity index is 1.73. The molecule has 0 bridgehead atoms. The minimum absolute atomic E-state index is 0.0990. The molecule has 0 spiro atoms. The molecule has 2 N–H and O–H groups in total. The van der Waals surface area contributed by atoms with E-state index in [-0.39, 0.29) is 6.04 Å². The van der Waals surface area contributed by atoms with Gasteiger partial charge in [-0.2, -0.15) is 13.1 Å². The second-order valence-corrected chi connectivity index (χ2v) is 7.44. The summed E-state index contributed by atoms with van der Waals surface area (Å²) >= 11 is 0. The van der Waals surface area contributed by atoms with Gasteiger partial charge in [0.05, 0.1) is 0 Å². The van der Waals surface area contributed by atoms with Gasteiger partial charge in [-0.15, -0.1) is 0 Å². The van der Waals surface area contributed by atoms with E-state index in [1.165, 1.54) is 12.6 Å². The Morgan fingerprint density at radius 1 is 1.09 bits per heavy atom. The average molecular weight is 326 g/mol. The van der Waals surface area contributed by atoms with Crippen molar-refractivity contribution in [3.05, 3.63) is 35.9 Å². The van der Waals surface area contributed by atoms with Gasteiger partial charge in [-0.3, -0.25) is 9.80 Å². The first-order valence-electron chi connectivity index (χ1n) is 7.68. The van der Waals surface area contributed by atoms with Crippen LogP contribution in [0.25, 0.3) is 0 Å². The molecule has 1 aliphatic heterocycles.